The Labute approximate surface area is 151 Å². The first-order chi connectivity index (χ1) is 12.0. The van der Waals surface area contributed by atoms with Crippen molar-refractivity contribution in [2.75, 3.05) is 5.32 Å². The number of aryl methyl sites for hydroxylation is 3. The van der Waals surface area contributed by atoms with E-state index < -0.39 is 0 Å². The lowest BCUT2D eigenvalue weighted by Gasteiger charge is -2.08. The number of amides is 1. The van der Waals surface area contributed by atoms with E-state index in [4.69, 9.17) is 16.0 Å². The zero-order valence-corrected chi connectivity index (χ0v) is 14.9. The maximum Gasteiger partial charge on any atom is 0.224 e. The highest BCUT2D eigenvalue weighted by Crippen LogP contribution is 2.22. The van der Waals surface area contributed by atoms with E-state index in [1.165, 1.54) is 5.56 Å². The third-order valence-electron chi connectivity index (χ3n) is 3.92. The van der Waals surface area contributed by atoms with Gasteiger partial charge in [0.15, 0.2) is 11.7 Å². The fourth-order valence-corrected chi connectivity index (χ4v) is 2.70. The van der Waals surface area contributed by atoms with E-state index in [1.54, 1.807) is 18.3 Å². The molecule has 3 aromatic rings. The fraction of sp³-hybridized carbons (Fsp3) is 0.200. The van der Waals surface area contributed by atoms with Crippen LogP contribution in [0.2, 0.25) is 5.02 Å². The van der Waals surface area contributed by atoms with Crippen LogP contribution in [0.3, 0.4) is 0 Å². The standard InChI is InChI=1S/C20H19ClN2O2/c1-13-3-5-15(6-4-13)18-12-22-20(25-18)10-9-19(24)23-17-8-7-16(21)11-14(17)2/h3-8,11-12H,9-10H2,1-2H3,(H,23,24). The Morgan fingerprint density at radius 1 is 1.16 bits per heavy atom. The van der Waals surface area contributed by atoms with Gasteiger partial charge < -0.3 is 9.73 Å². The number of nitrogens with zero attached hydrogens (tertiary/aromatic N) is 1. The first-order valence-corrected chi connectivity index (χ1v) is 8.47. The van der Waals surface area contributed by atoms with Crippen molar-refractivity contribution in [3.8, 4) is 11.3 Å². The van der Waals surface area contributed by atoms with Crippen LogP contribution in [0.4, 0.5) is 5.69 Å². The third kappa shape index (κ3) is 4.48. The summed E-state index contributed by atoms with van der Waals surface area (Å²) in [4.78, 5) is 16.4. The lowest BCUT2D eigenvalue weighted by Crippen LogP contribution is -2.13. The van der Waals surface area contributed by atoms with Crippen molar-refractivity contribution in [3.63, 3.8) is 0 Å². The molecule has 0 radical (unpaired) electrons. The number of carbonyl (C=O) groups is 1. The molecular weight excluding hydrogens is 336 g/mol. The molecule has 1 heterocycles. The molecule has 5 heteroatoms. The van der Waals surface area contributed by atoms with Crippen molar-refractivity contribution < 1.29 is 9.21 Å². The number of nitrogens with one attached hydrogen (secondary N) is 1. The SMILES string of the molecule is Cc1ccc(-c2cnc(CCC(=O)Nc3ccc(Cl)cc3C)o2)cc1. The van der Waals surface area contributed by atoms with Gasteiger partial charge >= 0.3 is 0 Å². The number of hydrogen-bond acceptors (Lipinski definition) is 3. The quantitative estimate of drug-likeness (QED) is 0.686. The second-order valence-corrected chi connectivity index (χ2v) is 6.43. The molecule has 0 spiro atoms. The van der Waals surface area contributed by atoms with Gasteiger partial charge in [-0.05, 0) is 37.6 Å². The van der Waals surface area contributed by atoms with Gasteiger partial charge in [0.05, 0.1) is 6.20 Å². The Hall–Kier alpha value is -2.59. The average Bonchev–Trinajstić information content (AvgIpc) is 3.05. The maximum absolute atomic E-state index is 12.1. The van der Waals surface area contributed by atoms with Gasteiger partial charge in [0.1, 0.15) is 0 Å². The van der Waals surface area contributed by atoms with Crippen LogP contribution in [0.15, 0.2) is 53.1 Å². The minimum absolute atomic E-state index is 0.0829. The van der Waals surface area contributed by atoms with Gasteiger partial charge in [-0.1, -0.05) is 41.4 Å². The van der Waals surface area contributed by atoms with Crippen molar-refractivity contribution in [1.29, 1.82) is 0 Å². The number of anilines is 1. The first kappa shape index (κ1) is 17.2. The third-order valence-corrected chi connectivity index (χ3v) is 4.15. The monoisotopic (exact) mass is 354 g/mol. The Morgan fingerprint density at radius 2 is 1.92 bits per heavy atom. The van der Waals surface area contributed by atoms with E-state index in [9.17, 15) is 4.79 Å². The smallest absolute Gasteiger partial charge is 0.224 e. The highest BCUT2D eigenvalue weighted by atomic mass is 35.5. The molecular formula is C20H19ClN2O2. The van der Waals surface area contributed by atoms with Crippen LogP contribution < -0.4 is 5.32 Å². The number of rotatable bonds is 5. The van der Waals surface area contributed by atoms with Crippen LogP contribution in [0.25, 0.3) is 11.3 Å². The molecule has 0 aliphatic heterocycles. The summed E-state index contributed by atoms with van der Waals surface area (Å²) in [5, 5.41) is 3.54. The Kier molecular flexibility index (Phi) is 5.19. The molecule has 0 saturated carbocycles. The van der Waals surface area contributed by atoms with Crippen molar-refractivity contribution >= 4 is 23.2 Å². The van der Waals surface area contributed by atoms with Crippen molar-refractivity contribution in [1.82, 2.24) is 4.98 Å². The molecule has 1 amide bonds. The lowest BCUT2D eigenvalue weighted by atomic mass is 10.1. The molecule has 2 aromatic carbocycles. The summed E-state index contributed by atoms with van der Waals surface area (Å²) in [6, 6.07) is 13.4. The van der Waals surface area contributed by atoms with Gasteiger partial charge in [-0.3, -0.25) is 4.79 Å². The number of benzene rings is 2. The predicted molar refractivity (Wildman–Crippen MR) is 99.8 cm³/mol. The summed E-state index contributed by atoms with van der Waals surface area (Å²) in [6.07, 6.45) is 2.45. The molecule has 128 valence electrons. The predicted octanol–water partition coefficient (Wildman–Crippen LogP) is 5.18. The molecule has 0 fully saturated rings. The first-order valence-electron chi connectivity index (χ1n) is 8.09. The molecule has 0 aliphatic rings. The van der Waals surface area contributed by atoms with Crippen LogP contribution in [0.1, 0.15) is 23.4 Å². The second-order valence-electron chi connectivity index (χ2n) is 5.99. The minimum atomic E-state index is -0.0829. The van der Waals surface area contributed by atoms with Gasteiger partial charge in [0, 0.05) is 29.1 Å². The summed E-state index contributed by atoms with van der Waals surface area (Å²) in [7, 11) is 0. The van der Waals surface area contributed by atoms with E-state index in [0.29, 0.717) is 29.5 Å². The summed E-state index contributed by atoms with van der Waals surface area (Å²) >= 11 is 5.92. The van der Waals surface area contributed by atoms with E-state index in [1.807, 2.05) is 44.2 Å². The average molecular weight is 355 g/mol. The Bertz CT molecular complexity index is 885. The van der Waals surface area contributed by atoms with Crippen molar-refractivity contribution in [2.45, 2.75) is 26.7 Å². The van der Waals surface area contributed by atoms with Crippen LogP contribution in [0.5, 0.6) is 0 Å². The van der Waals surface area contributed by atoms with Crippen LogP contribution in [-0.2, 0) is 11.2 Å². The second kappa shape index (κ2) is 7.53. The Morgan fingerprint density at radius 3 is 2.64 bits per heavy atom. The largest absolute Gasteiger partial charge is 0.441 e. The fourth-order valence-electron chi connectivity index (χ4n) is 2.48. The molecule has 4 nitrogen and oxygen atoms in total. The summed E-state index contributed by atoms with van der Waals surface area (Å²) < 4.78 is 5.74. The van der Waals surface area contributed by atoms with Crippen molar-refractivity contribution in [3.05, 3.63) is 70.7 Å². The van der Waals surface area contributed by atoms with E-state index in [0.717, 1.165) is 16.8 Å². The molecule has 25 heavy (non-hydrogen) atoms. The van der Waals surface area contributed by atoms with Gasteiger partial charge in [0.25, 0.3) is 0 Å². The van der Waals surface area contributed by atoms with Crippen molar-refractivity contribution in [2.24, 2.45) is 0 Å². The summed E-state index contributed by atoms with van der Waals surface area (Å²) in [5.41, 5.74) is 3.86. The number of aromatic nitrogens is 1. The van der Waals surface area contributed by atoms with E-state index in [2.05, 4.69) is 10.3 Å². The molecule has 3 rings (SSSR count). The Balaban J connectivity index is 1.58. The molecule has 0 bridgehead atoms. The lowest BCUT2D eigenvalue weighted by molar-refractivity contribution is -0.116. The molecule has 0 atom stereocenters. The number of oxazole rings is 1. The van der Waals surface area contributed by atoms with Gasteiger partial charge in [0.2, 0.25) is 5.91 Å². The number of hydrogen-bond donors (Lipinski definition) is 1. The normalized spacial score (nSPS) is 10.7. The number of carbonyl (C=O) groups excluding carboxylic acids is 1. The van der Waals surface area contributed by atoms with Crippen LogP contribution in [-0.4, -0.2) is 10.9 Å². The number of halogens is 1. The zero-order chi connectivity index (χ0) is 17.8. The van der Waals surface area contributed by atoms with E-state index >= 15 is 0 Å². The van der Waals surface area contributed by atoms with Gasteiger partial charge in [-0.2, -0.15) is 0 Å². The van der Waals surface area contributed by atoms with Crippen LogP contribution >= 0.6 is 11.6 Å². The molecule has 1 N–H and O–H groups in total. The van der Waals surface area contributed by atoms with Crippen LogP contribution in [0, 0.1) is 13.8 Å². The van der Waals surface area contributed by atoms with Gasteiger partial charge in [-0.25, -0.2) is 4.98 Å². The summed E-state index contributed by atoms with van der Waals surface area (Å²) in [6.45, 7) is 3.94. The summed E-state index contributed by atoms with van der Waals surface area (Å²) in [5.74, 6) is 1.18. The molecule has 1 aromatic heterocycles. The zero-order valence-electron chi connectivity index (χ0n) is 14.2. The maximum atomic E-state index is 12.1. The minimum Gasteiger partial charge on any atom is -0.441 e. The topological polar surface area (TPSA) is 55.1 Å². The molecule has 0 unspecified atom stereocenters. The molecule has 0 saturated heterocycles. The highest BCUT2D eigenvalue weighted by Gasteiger charge is 2.10. The molecule has 0 aliphatic carbocycles. The highest BCUT2D eigenvalue weighted by molar-refractivity contribution is 6.30. The van der Waals surface area contributed by atoms with E-state index in [-0.39, 0.29) is 5.91 Å². The van der Waals surface area contributed by atoms with Gasteiger partial charge in [-0.15, -0.1) is 0 Å².